The van der Waals surface area contributed by atoms with Crippen molar-refractivity contribution in [2.45, 2.75) is 76.0 Å². The van der Waals surface area contributed by atoms with Crippen LogP contribution in [0.3, 0.4) is 0 Å². The third kappa shape index (κ3) is 7.46. The van der Waals surface area contributed by atoms with Gasteiger partial charge in [-0.2, -0.15) is 0 Å². The highest BCUT2D eigenvalue weighted by atomic mass is 19.3. The Hall–Kier alpha value is -2.68. The second-order valence-corrected chi connectivity index (χ2v) is 10.2. The van der Waals surface area contributed by atoms with Crippen LogP contribution in [0.4, 0.5) is 8.78 Å². The molecule has 7 heteroatoms. The van der Waals surface area contributed by atoms with Crippen molar-refractivity contribution in [3.05, 3.63) is 108 Å². The Morgan fingerprint density at radius 2 is 1.24 bits per heavy atom. The van der Waals surface area contributed by atoms with E-state index in [1.165, 1.54) is 0 Å². The van der Waals surface area contributed by atoms with Gasteiger partial charge in [0.15, 0.2) is 0 Å². The lowest BCUT2D eigenvalue weighted by atomic mass is 9.87. The van der Waals surface area contributed by atoms with Crippen molar-refractivity contribution in [2.75, 3.05) is 6.61 Å². The topological polar surface area (TPSA) is 57.2 Å². The zero-order chi connectivity index (χ0) is 27.0. The van der Waals surface area contributed by atoms with E-state index in [4.69, 9.17) is 18.9 Å². The highest BCUT2D eigenvalue weighted by Gasteiger charge is 2.57. The molecule has 1 N–H and O–H groups in total. The first-order valence-corrected chi connectivity index (χ1v) is 12.9. The number of hydrogen-bond donors (Lipinski definition) is 1. The number of halogens is 2. The van der Waals surface area contributed by atoms with Gasteiger partial charge in [-0.25, -0.2) is 8.78 Å². The quantitative estimate of drug-likeness (QED) is 0.317. The number of ether oxygens (including phenoxy) is 4. The lowest BCUT2D eigenvalue weighted by molar-refractivity contribution is -0.293. The number of hydrogen-bond acceptors (Lipinski definition) is 5. The SMILES string of the molecule is CC(C)(O)C(F)(F)C1CC(OCc2ccccc2)C(OCc2ccccc2)C(COCc2ccccc2)O1. The molecule has 38 heavy (non-hydrogen) atoms. The van der Waals surface area contributed by atoms with E-state index in [1.807, 2.05) is 91.0 Å². The Morgan fingerprint density at radius 3 is 1.74 bits per heavy atom. The van der Waals surface area contributed by atoms with Crippen molar-refractivity contribution in [1.29, 1.82) is 0 Å². The third-order valence-electron chi connectivity index (χ3n) is 6.72. The first-order valence-electron chi connectivity index (χ1n) is 12.9. The number of benzene rings is 3. The zero-order valence-corrected chi connectivity index (χ0v) is 21.8. The number of rotatable bonds is 12. The molecule has 0 radical (unpaired) electrons. The highest BCUT2D eigenvalue weighted by Crippen LogP contribution is 2.40. The summed E-state index contributed by atoms with van der Waals surface area (Å²) in [4.78, 5) is 0. The molecule has 0 saturated carbocycles. The van der Waals surface area contributed by atoms with Gasteiger partial charge in [-0.3, -0.25) is 0 Å². The molecule has 204 valence electrons. The maximum atomic E-state index is 15.4. The Bertz CT molecular complexity index is 1090. The Labute approximate surface area is 223 Å². The van der Waals surface area contributed by atoms with Crippen LogP contribution in [0.1, 0.15) is 37.0 Å². The van der Waals surface area contributed by atoms with Crippen LogP contribution in [0, 0.1) is 0 Å². The van der Waals surface area contributed by atoms with Gasteiger partial charge in [0.05, 0.1) is 32.5 Å². The molecule has 0 aliphatic carbocycles. The third-order valence-corrected chi connectivity index (χ3v) is 6.72. The van der Waals surface area contributed by atoms with Crippen LogP contribution in [-0.4, -0.2) is 47.7 Å². The van der Waals surface area contributed by atoms with Crippen molar-refractivity contribution in [3.63, 3.8) is 0 Å². The van der Waals surface area contributed by atoms with Gasteiger partial charge >= 0.3 is 5.92 Å². The van der Waals surface area contributed by atoms with E-state index in [2.05, 4.69) is 0 Å². The fourth-order valence-corrected chi connectivity index (χ4v) is 4.48. The van der Waals surface area contributed by atoms with Crippen LogP contribution >= 0.6 is 0 Å². The first kappa shape index (κ1) is 28.3. The van der Waals surface area contributed by atoms with Crippen molar-refractivity contribution >= 4 is 0 Å². The van der Waals surface area contributed by atoms with Crippen LogP contribution < -0.4 is 0 Å². The standard InChI is InChI=1S/C31H36F2O5/c1-30(2,34)31(32,33)28-18-26(36-20-24-14-8-4-9-15-24)29(37-21-25-16-10-5-11-17-25)27(38-28)22-35-19-23-12-6-3-7-13-23/h3-17,26-29,34H,18-22H2,1-2H3. The predicted octanol–water partition coefficient (Wildman–Crippen LogP) is 5.94. The summed E-state index contributed by atoms with van der Waals surface area (Å²) in [6.45, 7) is 3.01. The lowest BCUT2D eigenvalue weighted by Crippen LogP contribution is -2.61. The van der Waals surface area contributed by atoms with E-state index >= 15 is 8.78 Å². The molecule has 1 aliphatic rings. The van der Waals surface area contributed by atoms with Gasteiger partial charge in [-0.1, -0.05) is 91.0 Å². The average Bonchev–Trinajstić information content (AvgIpc) is 2.92. The smallest absolute Gasteiger partial charge is 0.301 e. The van der Waals surface area contributed by atoms with Crippen LogP contribution in [0.2, 0.25) is 0 Å². The summed E-state index contributed by atoms with van der Waals surface area (Å²) in [7, 11) is 0. The number of alkyl halides is 2. The van der Waals surface area contributed by atoms with Crippen LogP contribution in [0.15, 0.2) is 91.0 Å². The first-order chi connectivity index (χ1) is 18.2. The predicted molar refractivity (Wildman–Crippen MR) is 141 cm³/mol. The highest BCUT2D eigenvalue weighted by molar-refractivity contribution is 5.15. The number of aliphatic hydroxyl groups is 1. The molecule has 0 amide bonds. The lowest BCUT2D eigenvalue weighted by Gasteiger charge is -2.45. The Morgan fingerprint density at radius 1 is 0.763 bits per heavy atom. The van der Waals surface area contributed by atoms with Gasteiger partial charge in [-0.15, -0.1) is 0 Å². The minimum atomic E-state index is -3.52. The second-order valence-electron chi connectivity index (χ2n) is 10.2. The molecule has 3 aromatic rings. The summed E-state index contributed by atoms with van der Waals surface area (Å²) in [5.41, 5.74) is 0.542. The molecule has 0 spiro atoms. The van der Waals surface area contributed by atoms with Gasteiger partial charge in [0.25, 0.3) is 0 Å². The molecule has 1 saturated heterocycles. The fraction of sp³-hybridized carbons (Fsp3) is 0.419. The van der Waals surface area contributed by atoms with Gasteiger partial charge in [0, 0.05) is 6.42 Å². The van der Waals surface area contributed by atoms with Crippen LogP contribution in [-0.2, 0) is 38.8 Å². The summed E-state index contributed by atoms with van der Waals surface area (Å²) in [5.74, 6) is -3.52. The summed E-state index contributed by atoms with van der Waals surface area (Å²) in [5, 5.41) is 10.3. The summed E-state index contributed by atoms with van der Waals surface area (Å²) >= 11 is 0. The summed E-state index contributed by atoms with van der Waals surface area (Å²) < 4.78 is 55.2. The van der Waals surface area contributed by atoms with Gasteiger partial charge in [0.2, 0.25) is 0 Å². The molecular weight excluding hydrogens is 490 g/mol. The molecule has 1 heterocycles. The molecule has 0 aromatic heterocycles. The second kappa shape index (κ2) is 12.9. The van der Waals surface area contributed by atoms with Gasteiger partial charge in [0.1, 0.15) is 23.9 Å². The molecule has 1 fully saturated rings. The van der Waals surface area contributed by atoms with Gasteiger partial charge < -0.3 is 24.1 Å². The van der Waals surface area contributed by atoms with E-state index in [0.29, 0.717) is 6.61 Å². The molecule has 4 unspecified atom stereocenters. The van der Waals surface area contributed by atoms with Crippen LogP contribution in [0.25, 0.3) is 0 Å². The van der Waals surface area contributed by atoms with E-state index < -0.39 is 35.9 Å². The molecular formula is C31H36F2O5. The Balaban J connectivity index is 1.56. The van der Waals surface area contributed by atoms with E-state index in [9.17, 15) is 5.11 Å². The summed E-state index contributed by atoms with van der Waals surface area (Å²) in [6.07, 6.45) is -3.93. The molecule has 0 bridgehead atoms. The van der Waals surface area contributed by atoms with Crippen molar-refractivity contribution in [1.82, 2.24) is 0 Å². The van der Waals surface area contributed by atoms with Crippen molar-refractivity contribution < 1.29 is 32.8 Å². The summed E-state index contributed by atoms with van der Waals surface area (Å²) in [6, 6.07) is 28.8. The normalized spacial score (nSPS) is 22.3. The largest absolute Gasteiger partial charge is 0.384 e. The van der Waals surface area contributed by atoms with Gasteiger partial charge in [-0.05, 0) is 30.5 Å². The van der Waals surface area contributed by atoms with Crippen LogP contribution in [0.5, 0.6) is 0 Å². The molecule has 4 atom stereocenters. The fourth-order valence-electron chi connectivity index (χ4n) is 4.48. The van der Waals surface area contributed by atoms with E-state index in [1.54, 1.807) is 0 Å². The zero-order valence-electron chi connectivity index (χ0n) is 21.8. The monoisotopic (exact) mass is 526 g/mol. The minimum Gasteiger partial charge on any atom is -0.384 e. The maximum absolute atomic E-state index is 15.4. The molecule has 5 nitrogen and oxygen atoms in total. The Kier molecular flexibility index (Phi) is 9.63. The van der Waals surface area contributed by atoms with E-state index in [0.717, 1.165) is 30.5 Å². The molecule has 4 rings (SSSR count). The van der Waals surface area contributed by atoms with E-state index in [-0.39, 0.29) is 26.2 Å². The minimum absolute atomic E-state index is 0.0258. The van der Waals surface area contributed by atoms with Crippen molar-refractivity contribution in [2.24, 2.45) is 0 Å². The van der Waals surface area contributed by atoms with Crippen molar-refractivity contribution in [3.8, 4) is 0 Å². The average molecular weight is 527 g/mol. The maximum Gasteiger partial charge on any atom is 0.301 e. The molecule has 3 aromatic carbocycles. The molecule has 1 aliphatic heterocycles.